The molecule has 0 saturated carbocycles. The molecule has 10 heteroatoms. The highest BCUT2D eigenvalue weighted by atomic mass is 32.1. The van der Waals surface area contributed by atoms with Crippen LogP contribution in [0.3, 0.4) is 0 Å². The third-order valence-corrected chi connectivity index (χ3v) is 5.79. The molecule has 3 aromatic heterocycles. The van der Waals surface area contributed by atoms with E-state index in [4.69, 9.17) is 11.0 Å². The Morgan fingerprint density at radius 3 is 3.00 bits per heavy atom. The standard InChI is InChI=1S/C17H18N8OS/c1-9-7-25(17-21-5-10(4-18)27-17)3-2-12(9)24-13-11(15(19)26)6-20-16-14(13)22-8-23-16/h5-6,8-9,12H,2-3,7H2,1H3,(H2,19,26)(H2,20,22,23,24)/t9-,12+/m0/s1. The summed E-state index contributed by atoms with van der Waals surface area (Å²) in [4.78, 5) is 30.4. The normalized spacial score (nSPS) is 19.8. The molecular weight excluding hydrogens is 364 g/mol. The molecule has 2 atom stereocenters. The lowest BCUT2D eigenvalue weighted by atomic mass is 9.93. The maximum absolute atomic E-state index is 11.8. The molecule has 1 aliphatic rings. The summed E-state index contributed by atoms with van der Waals surface area (Å²) in [5.74, 6) is -0.238. The molecule has 1 saturated heterocycles. The number of carbonyl (C=O) groups is 1. The van der Waals surface area contributed by atoms with E-state index in [0.717, 1.165) is 24.6 Å². The van der Waals surface area contributed by atoms with Gasteiger partial charge >= 0.3 is 0 Å². The van der Waals surface area contributed by atoms with Crippen LogP contribution in [0.1, 0.15) is 28.6 Å². The van der Waals surface area contributed by atoms with Crippen molar-refractivity contribution in [3.8, 4) is 6.07 Å². The molecule has 1 amide bonds. The number of nitrogens with one attached hydrogen (secondary N) is 2. The van der Waals surface area contributed by atoms with E-state index in [2.05, 4.69) is 43.1 Å². The van der Waals surface area contributed by atoms with Gasteiger partial charge in [0.05, 0.1) is 23.8 Å². The highest BCUT2D eigenvalue weighted by molar-refractivity contribution is 7.16. The van der Waals surface area contributed by atoms with E-state index in [9.17, 15) is 4.79 Å². The van der Waals surface area contributed by atoms with Gasteiger partial charge in [-0.2, -0.15) is 5.26 Å². The Hall–Kier alpha value is -3.19. The number of carbonyl (C=O) groups excluding carboxylic acids is 1. The lowest BCUT2D eigenvalue weighted by Crippen LogP contribution is -2.45. The SMILES string of the molecule is C[C@H]1CN(c2ncc(C#N)s2)CC[C@H]1Nc1c(C(N)=O)cnc2nc[nH]c12. The second kappa shape index (κ2) is 6.85. The second-order valence-corrected chi connectivity index (χ2v) is 7.60. The molecule has 138 valence electrons. The Morgan fingerprint density at radius 2 is 2.30 bits per heavy atom. The number of fused-ring (bicyclic) bond motifs is 1. The Morgan fingerprint density at radius 1 is 1.44 bits per heavy atom. The molecule has 0 spiro atoms. The Balaban J connectivity index is 1.55. The third-order valence-electron chi connectivity index (χ3n) is 4.83. The monoisotopic (exact) mass is 382 g/mol. The minimum absolute atomic E-state index is 0.156. The van der Waals surface area contributed by atoms with Crippen molar-refractivity contribution < 1.29 is 4.79 Å². The van der Waals surface area contributed by atoms with E-state index in [1.807, 2.05) is 0 Å². The number of hydrogen-bond acceptors (Lipinski definition) is 8. The van der Waals surface area contributed by atoms with Gasteiger partial charge < -0.3 is 20.9 Å². The van der Waals surface area contributed by atoms with Crippen LogP contribution in [0.15, 0.2) is 18.7 Å². The highest BCUT2D eigenvalue weighted by Crippen LogP contribution is 2.31. The molecular formula is C17H18N8OS. The second-order valence-electron chi connectivity index (χ2n) is 6.59. The number of pyridine rings is 1. The summed E-state index contributed by atoms with van der Waals surface area (Å²) >= 11 is 1.41. The number of anilines is 2. The van der Waals surface area contributed by atoms with E-state index >= 15 is 0 Å². The van der Waals surface area contributed by atoms with Crippen LogP contribution in [-0.2, 0) is 0 Å². The summed E-state index contributed by atoms with van der Waals surface area (Å²) in [5, 5.41) is 13.3. The number of nitrogens with zero attached hydrogens (tertiary/aromatic N) is 5. The minimum atomic E-state index is -0.529. The van der Waals surface area contributed by atoms with Gasteiger partial charge in [0.15, 0.2) is 10.8 Å². The molecule has 0 unspecified atom stereocenters. The van der Waals surface area contributed by atoms with Crippen molar-refractivity contribution in [1.29, 1.82) is 5.26 Å². The molecule has 4 rings (SSSR count). The van der Waals surface area contributed by atoms with Crippen molar-refractivity contribution in [2.24, 2.45) is 11.7 Å². The summed E-state index contributed by atoms with van der Waals surface area (Å²) < 4.78 is 0. The molecule has 0 aromatic carbocycles. The zero-order chi connectivity index (χ0) is 19.0. The van der Waals surface area contributed by atoms with E-state index < -0.39 is 5.91 Å². The van der Waals surface area contributed by atoms with Gasteiger partial charge in [-0.25, -0.2) is 15.0 Å². The quantitative estimate of drug-likeness (QED) is 0.625. The third kappa shape index (κ3) is 3.17. The number of thiazole rings is 1. The first-order valence-corrected chi connectivity index (χ1v) is 9.37. The van der Waals surface area contributed by atoms with Crippen LogP contribution in [0, 0.1) is 17.2 Å². The van der Waals surface area contributed by atoms with E-state index in [1.165, 1.54) is 17.5 Å². The van der Waals surface area contributed by atoms with Crippen LogP contribution in [-0.4, -0.2) is 45.0 Å². The van der Waals surface area contributed by atoms with Crippen LogP contribution in [0.5, 0.6) is 0 Å². The number of piperidine rings is 1. The molecule has 1 fully saturated rings. The molecule has 3 aromatic rings. The van der Waals surface area contributed by atoms with E-state index in [0.29, 0.717) is 33.2 Å². The number of rotatable bonds is 4. The van der Waals surface area contributed by atoms with Gasteiger partial charge in [0.25, 0.3) is 5.91 Å². The van der Waals surface area contributed by atoms with Gasteiger partial charge in [-0.1, -0.05) is 18.3 Å². The summed E-state index contributed by atoms with van der Waals surface area (Å²) in [7, 11) is 0. The average molecular weight is 382 g/mol. The molecule has 0 bridgehead atoms. The first-order chi connectivity index (χ1) is 13.1. The number of nitrogens with two attached hydrogens (primary N) is 1. The minimum Gasteiger partial charge on any atom is -0.379 e. The first kappa shape index (κ1) is 17.2. The molecule has 4 N–H and O–H groups in total. The fourth-order valence-corrected chi connectivity index (χ4v) is 4.16. The van der Waals surface area contributed by atoms with Crippen molar-refractivity contribution >= 4 is 39.2 Å². The maximum Gasteiger partial charge on any atom is 0.252 e. The number of H-pyrrole nitrogens is 1. The topological polar surface area (TPSA) is 137 Å². The molecule has 4 heterocycles. The molecule has 9 nitrogen and oxygen atoms in total. The average Bonchev–Trinajstić information content (AvgIpc) is 3.32. The van der Waals surface area contributed by atoms with Crippen molar-refractivity contribution in [3.05, 3.63) is 29.2 Å². The predicted octanol–water partition coefficient (Wildman–Crippen LogP) is 1.71. The number of aromatic nitrogens is 4. The maximum atomic E-state index is 11.8. The van der Waals surface area contributed by atoms with Gasteiger partial charge in [-0.05, 0) is 12.3 Å². The molecule has 27 heavy (non-hydrogen) atoms. The van der Waals surface area contributed by atoms with Gasteiger partial charge in [0.2, 0.25) is 0 Å². The van der Waals surface area contributed by atoms with Crippen molar-refractivity contribution in [3.63, 3.8) is 0 Å². The number of nitriles is 1. The van der Waals surface area contributed by atoms with Gasteiger partial charge in [0.1, 0.15) is 16.5 Å². The predicted molar refractivity (Wildman–Crippen MR) is 103 cm³/mol. The van der Waals surface area contributed by atoms with Crippen LogP contribution in [0.4, 0.5) is 10.8 Å². The summed E-state index contributed by atoms with van der Waals surface area (Å²) in [6.45, 7) is 3.76. The first-order valence-electron chi connectivity index (χ1n) is 8.56. The lowest BCUT2D eigenvalue weighted by molar-refractivity contribution is 0.100. The number of primary amides is 1. The Bertz CT molecular complexity index is 1040. The summed E-state index contributed by atoms with van der Waals surface area (Å²) in [5.41, 5.74) is 7.75. The fraction of sp³-hybridized carbons (Fsp3) is 0.353. The van der Waals surface area contributed by atoms with E-state index in [-0.39, 0.29) is 6.04 Å². The van der Waals surface area contributed by atoms with E-state index in [1.54, 1.807) is 12.5 Å². The number of aromatic amines is 1. The molecule has 1 aliphatic heterocycles. The number of imidazole rings is 1. The van der Waals surface area contributed by atoms with Gasteiger partial charge in [-0.3, -0.25) is 4.79 Å². The fourth-order valence-electron chi connectivity index (χ4n) is 3.41. The lowest BCUT2D eigenvalue weighted by Gasteiger charge is -2.37. The summed E-state index contributed by atoms with van der Waals surface area (Å²) in [6.07, 6.45) is 5.49. The summed E-state index contributed by atoms with van der Waals surface area (Å²) in [6, 6.07) is 2.28. The van der Waals surface area contributed by atoms with Gasteiger partial charge in [0, 0.05) is 25.3 Å². The number of amides is 1. The molecule has 0 aliphatic carbocycles. The molecule has 0 radical (unpaired) electrons. The van der Waals surface area contributed by atoms with Crippen LogP contribution < -0.4 is 16.0 Å². The zero-order valence-corrected chi connectivity index (χ0v) is 15.5. The Labute approximate surface area is 159 Å². The Kier molecular flexibility index (Phi) is 4.37. The largest absolute Gasteiger partial charge is 0.379 e. The van der Waals surface area contributed by atoms with Gasteiger partial charge in [-0.15, -0.1) is 0 Å². The van der Waals surface area contributed by atoms with Crippen LogP contribution in [0.2, 0.25) is 0 Å². The zero-order valence-electron chi connectivity index (χ0n) is 14.6. The van der Waals surface area contributed by atoms with Crippen molar-refractivity contribution in [2.45, 2.75) is 19.4 Å². The van der Waals surface area contributed by atoms with Crippen LogP contribution in [0.25, 0.3) is 11.2 Å². The number of hydrogen-bond donors (Lipinski definition) is 3. The van der Waals surface area contributed by atoms with Crippen LogP contribution >= 0.6 is 11.3 Å². The smallest absolute Gasteiger partial charge is 0.252 e. The highest BCUT2D eigenvalue weighted by Gasteiger charge is 2.29. The van der Waals surface area contributed by atoms with Crippen molar-refractivity contribution in [1.82, 2.24) is 19.9 Å². The van der Waals surface area contributed by atoms with Crippen molar-refractivity contribution in [2.75, 3.05) is 23.3 Å².